The lowest BCUT2D eigenvalue weighted by Crippen LogP contribution is -2.19. The number of aromatic nitrogens is 4. The number of halogens is 3. The molecule has 9 nitrogen and oxygen atoms in total. The third-order valence-corrected chi connectivity index (χ3v) is 5.79. The summed E-state index contributed by atoms with van der Waals surface area (Å²) in [5.74, 6) is -0.644. The van der Waals surface area contributed by atoms with E-state index in [0.29, 0.717) is 5.56 Å². The molecule has 0 unspecified atom stereocenters. The lowest BCUT2D eigenvalue weighted by molar-refractivity contribution is -0.139. The van der Waals surface area contributed by atoms with Crippen LogP contribution < -0.4 is 5.32 Å². The first-order valence-corrected chi connectivity index (χ1v) is 12.1. The number of nitrogens with one attached hydrogen (secondary N) is 1. The summed E-state index contributed by atoms with van der Waals surface area (Å²) in [6.07, 6.45) is 5.59. The van der Waals surface area contributed by atoms with E-state index in [0.717, 1.165) is 30.7 Å². The maximum atomic E-state index is 13.5. The Labute approximate surface area is 221 Å². The Morgan fingerprint density at radius 1 is 1.21 bits per heavy atom. The first-order valence-electron chi connectivity index (χ1n) is 12.1. The van der Waals surface area contributed by atoms with Gasteiger partial charge in [0.15, 0.2) is 5.82 Å². The van der Waals surface area contributed by atoms with Gasteiger partial charge in [0.1, 0.15) is 0 Å². The molecule has 2 heterocycles. The van der Waals surface area contributed by atoms with Crippen molar-refractivity contribution in [2.75, 3.05) is 5.32 Å². The quantitative estimate of drug-likeness (QED) is 0.293. The normalized spacial score (nSPS) is 15.3. The second-order valence-corrected chi connectivity index (χ2v) is 8.86. The van der Waals surface area contributed by atoms with Crippen LogP contribution in [0.3, 0.4) is 0 Å². The molecule has 0 spiro atoms. The van der Waals surface area contributed by atoms with Crippen molar-refractivity contribution < 1.29 is 33.3 Å². The zero-order valence-electron chi connectivity index (χ0n) is 20.6. The molecule has 2 atom stereocenters. The largest absolute Gasteiger partial charge is 0.481 e. The second-order valence-electron chi connectivity index (χ2n) is 8.86. The summed E-state index contributed by atoms with van der Waals surface area (Å²) in [7, 11) is 0. The maximum Gasteiger partial charge on any atom is 0.416 e. The number of allylic oxidation sites excluding steroid dienone is 3. The van der Waals surface area contributed by atoms with Gasteiger partial charge in [-0.3, -0.25) is 4.79 Å². The Kier molecular flexibility index (Phi) is 8.57. The molecule has 0 saturated heterocycles. The first-order chi connectivity index (χ1) is 18.6. The highest BCUT2D eigenvalue weighted by atomic mass is 19.4. The fourth-order valence-corrected chi connectivity index (χ4v) is 4.01. The van der Waals surface area contributed by atoms with Gasteiger partial charge in [-0.05, 0) is 31.1 Å². The number of hydrogen-bond acceptors (Lipinski definition) is 7. The van der Waals surface area contributed by atoms with E-state index < -0.39 is 36.3 Å². The summed E-state index contributed by atoms with van der Waals surface area (Å²) in [5, 5.41) is 36.3. The summed E-state index contributed by atoms with van der Waals surface area (Å²) in [6, 6.07) is 6.31. The Morgan fingerprint density at radius 2 is 2.03 bits per heavy atom. The molecule has 0 radical (unpaired) electrons. The lowest BCUT2D eigenvalue weighted by atomic mass is 10.0. The Balaban J connectivity index is 1.71. The van der Waals surface area contributed by atoms with E-state index in [-0.39, 0.29) is 29.4 Å². The molecular formula is C27H26F3N5O4. The SMILES string of the molecule is O=C(O)C[C@H](O)C[C@H](O)/C=C/c1cnn(-c2ccnc(NC3=CCCC=C3)n2)c1-c1cccc(C(F)(F)F)c1. The smallest absolute Gasteiger partial charge is 0.416 e. The minimum absolute atomic E-state index is 0.202. The average molecular weight is 542 g/mol. The van der Waals surface area contributed by atoms with Gasteiger partial charge < -0.3 is 20.6 Å². The summed E-state index contributed by atoms with van der Waals surface area (Å²) in [6.45, 7) is 0. The molecular weight excluding hydrogens is 515 g/mol. The van der Waals surface area contributed by atoms with E-state index in [1.165, 1.54) is 41.4 Å². The van der Waals surface area contributed by atoms with Crippen LogP contribution in [-0.2, 0) is 11.0 Å². The zero-order chi connectivity index (χ0) is 28.0. The Bertz CT molecular complexity index is 1410. The number of aliphatic hydroxyl groups is 2. The molecule has 3 aromatic rings. The molecule has 1 aromatic carbocycles. The predicted octanol–water partition coefficient (Wildman–Crippen LogP) is 4.59. The topological polar surface area (TPSA) is 133 Å². The summed E-state index contributed by atoms with van der Waals surface area (Å²) < 4.78 is 41.9. The average Bonchev–Trinajstić information content (AvgIpc) is 3.31. The third-order valence-electron chi connectivity index (χ3n) is 5.79. The number of anilines is 1. The highest BCUT2D eigenvalue weighted by molar-refractivity contribution is 5.74. The van der Waals surface area contributed by atoms with E-state index in [4.69, 9.17) is 5.11 Å². The van der Waals surface area contributed by atoms with Crippen molar-refractivity contribution in [3.8, 4) is 17.1 Å². The molecule has 4 rings (SSSR count). The van der Waals surface area contributed by atoms with Crippen molar-refractivity contribution in [1.29, 1.82) is 0 Å². The first kappa shape index (κ1) is 27.7. The number of hydrogen-bond donors (Lipinski definition) is 4. The second kappa shape index (κ2) is 12.0. The molecule has 204 valence electrons. The van der Waals surface area contributed by atoms with Crippen molar-refractivity contribution >= 4 is 18.0 Å². The molecule has 1 aliphatic carbocycles. The monoisotopic (exact) mass is 541 g/mol. The van der Waals surface area contributed by atoms with Gasteiger partial charge in [0.2, 0.25) is 5.95 Å². The molecule has 1 aliphatic rings. The molecule has 0 fully saturated rings. The van der Waals surface area contributed by atoms with Crippen LogP contribution in [0.1, 0.15) is 36.8 Å². The minimum atomic E-state index is -4.57. The highest BCUT2D eigenvalue weighted by Gasteiger charge is 2.31. The molecule has 2 aromatic heterocycles. The van der Waals surface area contributed by atoms with Crippen LogP contribution in [0.2, 0.25) is 0 Å². The minimum Gasteiger partial charge on any atom is -0.481 e. The Morgan fingerprint density at radius 3 is 2.74 bits per heavy atom. The van der Waals surface area contributed by atoms with Crippen LogP contribution in [0.15, 0.2) is 72.7 Å². The van der Waals surface area contributed by atoms with Gasteiger partial charge in [-0.25, -0.2) is 9.67 Å². The van der Waals surface area contributed by atoms with Crippen LogP contribution in [0.4, 0.5) is 19.1 Å². The summed E-state index contributed by atoms with van der Waals surface area (Å²) in [4.78, 5) is 19.5. The van der Waals surface area contributed by atoms with Crippen LogP contribution >= 0.6 is 0 Å². The van der Waals surface area contributed by atoms with E-state index in [1.807, 2.05) is 18.2 Å². The number of alkyl halides is 3. The number of aliphatic carboxylic acids is 1. The molecule has 0 bridgehead atoms. The van der Waals surface area contributed by atoms with Crippen LogP contribution in [0.5, 0.6) is 0 Å². The molecule has 0 aliphatic heterocycles. The van der Waals surface area contributed by atoms with Gasteiger partial charge in [-0.1, -0.05) is 36.4 Å². The number of nitrogens with zero attached hydrogens (tertiary/aromatic N) is 4. The standard InChI is InChI=1S/C27H26F3N5O4/c28-27(29,30)19-6-4-5-17(13-19)25-18(9-10-21(36)14-22(37)15-24(38)39)16-32-35(25)23-11-12-31-26(34-23)33-20-7-2-1-3-8-20/h2,4-13,16,21-22,36-37H,1,3,14-15H2,(H,38,39)(H,31,33,34)/b10-9+/t21-,22-/m1/s1. The number of aliphatic hydroxyl groups excluding tert-OH is 2. The molecule has 12 heteroatoms. The van der Waals surface area contributed by atoms with Crippen molar-refractivity contribution in [2.45, 2.75) is 44.1 Å². The summed E-state index contributed by atoms with van der Waals surface area (Å²) >= 11 is 0. The van der Waals surface area contributed by atoms with Gasteiger partial charge in [-0.15, -0.1) is 0 Å². The van der Waals surface area contributed by atoms with Crippen LogP contribution in [0.25, 0.3) is 23.2 Å². The highest BCUT2D eigenvalue weighted by Crippen LogP contribution is 2.34. The number of carbonyl (C=O) groups is 1. The fraction of sp³-hybridized carbons (Fsp3) is 0.259. The fourth-order valence-electron chi connectivity index (χ4n) is 4.01. The van der Waals surface area contributed by atoms with Gasteiger partial charge in [0.05, 0.1) is 36.1 Å². The molecule has 4 N–H and O–H groups in total. The van der Waals surface area contributed by atoms with Crippen LogP contribution in [0, 0.1) is 0 Å². The van der Waals surface area contributed by atoms with Gasteiger partial charge in [0.25, 0.3) is 0 Å². The number of rotatable bonds is 10. The molecule has 39 heavy (non-hydrogen) atoms. The van der Waals surface area contributed by atoms with Crippen molar-refractivity contribution in [3.05, 3.63) is 83.9 Å². The van der Waals surface area contributed by atoms with Gasteiger partial charge >= 0.3 is 12.1 Å². The van der Waals surface area contributed by atoms with Gasteiger partial charge in [0, 0.05) is 35.5 Å². The third kappa shape index (κ3) is 7.39. The lowest BCUT2D eigenvalue weighted by Gasteiger charge is -2.13. The number of carboxylic acids is 1. The maximum absolute atomic E-state index is 13.5. The van der Waals surface area contributed by atoms with Crippen LogP contribution in [-0.4, -0.2) is 53.2 Å². The zero-order valence-corrected chi connectivity index (χ0v) is 20.6. The Hall–Kier alpha value is -4.29. The van der Waals surface area contributed by atoms with Crippen molar-refractivity contribution in [3.63, 3.8) is 0 Å². The molecule has 0 saturated carbocycles. The van der Waals surface area contributed by atoms with E-state index >= 15 is 0 Å². The molecule has 0 amide bonds. The van der Waals surface area contributed by atoms with Crippen molar-refractivity contribution in [2.24, 2.45) is 0 Å². The van der Waals surface area contributed by atoms with Gasteiger partial charge in [-0.2, -0.15) is 23.3 Å². The van der Waals surface area contributed by atoms with Crippen molar-refractivity contribution in [1.82, 2.24) is 19.7 Å². The van der Waals surface area contributed by atoms with E-state index in [2.05, 4.69) is 20.4 Å². The predicted molar refractivity (Wildman–Crippen MR) is 138 cm³/mol. The summed E-state index contributed by atoms with van der Waals surface area (Å²) in [5.41, 5.74) is 0.817. The number of benzene rings is 1. The number of carboxylic acid groups (broad SMARTS) is 1. The van der Waals surface area contributed by atoms with E-state index in [9.17, 15) is 28.2 Å². The van der Waals surface area contributed by atoms with E-state index in [1.54, 1.807) is 6.07 Å².